The zero-order chi connectivity index (χ0) is 11.8. The molecular weight excluding hydrogens is 200 g/mol. The Morgan fingerprint density at radius 1 is 1.00 bits per heavy atom. The molecule has 1 heterocycles. The molecule has 0 radical (unpaired) electrons. The number of phenols is 1. The Morgan fingerprint density at radius 3 is 2.25 bits per heavy atom. The number of hydrogen-bond acceptors (Lipinski definition) is 3. The third-order valence-electron chi connectivity index (χ3n) is 1.80. The summed E-state index contributed by atoms with van der Waals surface area (Å²) in [5.41, 5.74) is 0.904. The lowest BCUT2D eigenvalue weighted by molar-refractivity contribution is 0.475. The molecule has 16 heavy (non-hydrogen) atoms. The second kappa shape index (κ2) is 6.45. The Labute approximate surface area is 95.8 Å². The SMILES string of the molecule is CC.Oc1ccc(Nc2ccccn2)cc1. The number of benzene rings is 1. The average molecular weight is 216 g/mol. The lowest BCUT2D eigenvalue weighted by atomic mass is 10.3. The molecule has 2 rings (SSSR count). The topological polar surface area (TPSA) is 45.1 Å². The number of phenolic OH excluding ortho intramolecular Hbond substituents is 1. The standard InChI is InChI=1S/C11H10N2O.C2H6/c14-10-6-4-9(5-7-10)13-11-3-1-2-8-12-11;1-2/h1-8,14H,(H,12,13);1-2H3. The zero-order valence-electron chi connectivity index (χ0n) is 9.51. The van der Waals surface area contributed by atoms with E-state index in [9.17, 15) is 0 Å². The van der Waals surface area contributed by atoms with Gasteiger partial charge in [0.2, 0.25) is 0 Å². The maximum Gasteiger partial charge on any atom is 0.130 e. The molecule has 3 heteroatoms. The van der Waals surface area contributed by atoms with Crippen molar-refractivity contribution in [3.05, 3.63) is 48.7 Å². The molecule has 0 saturated heterocycles. The van der Waals surface area contributed by atoms with Gasteiger partial charge < -0.3 is 10.4 Å². The van der Waals surface area contributed by atoms with Crippen LogP contribution >= 0.6 is 0 Å². The van der Waals surface area contributed by atoms with Gasteiger partial charge >= 0.3 is 0 Å². The number of aromatic hydroxyl groups is 1. The molecule has 1 aromatic heterocycles. The van der Waals surface area contributed by atoms with Gasteiger partial charge in [0, 0.05) is 11.9 Å². The van der Waals surface area contributed by atoms with E-state index in [1.807, 2.05) is 32.0 Å². The van der Waals surface area contributed by atoms with Crippen molar-refractivity contribution in [3.8, 4) is 5.75 Å². The van der Waals surface area contributed by atoms with Gasteiger partial charge in [-0.2, -0.15) is 0 Å². The van der Waals surface area contributed by atoms with Crippen molar-refractivity contribution >= 4 is 11.5 Å². The Hall–Kier alpha value is -2.03. The highest BCUT2D eigenvalue weighted by atomic mass is 16.3. The Balaban J connectivity index is 0.000000606. The van der Waals surface area contributed by atoms with Gasteiger partial charge in [-0.3, -0.25) is 0 Å². The summed E-state index contributed by atoms with van der Waals surface area (Å²) in [7, 11) is 0. The van der Waals surface area contributed by atoms with Gasteiger partial charge in [-0.15, -0.1) is 0 Å². The largest absolute Gasteiger partial charge is 0.508 e. The molecule has 0 saturated carbocycles. The van der Waals surface area contributed by atoms with Crippen LogP contribution < -0.4 is 5.32 Å². The number of nitrogens with one attached hydrogen (secondary N) is 1. The summed E-state index contributed by atoms with van der Waals surface area (Å²) >= 11 is 0. The second-order valence-electron chi connectivity index (χ2n) is 2.89. The maximum atomic E-state index is 9.08. The Morgan fingerprint density at radius 2 is 1.69 bits per heavy atom. The first kappa shape index (κ1) is 12.0. The molecule has 2 N–H and O–H groups in total. The van der Waals surface area contributed by atoms with E-state index in [-0.39, 0.29) is 5.75 Å². The Bertz CT molecular complexity index is 398. The van der Waals surface area contributed by atoms with Crippen LogP contribution in [0.3, 0.4) is 0 Å². The van der Waals surface area contributed by atoms with E-state index < -0.39 is 0 Å². The van der Waals surface area contributed by atoms with Crippen molar-refractivity contribution < 1.29 is 5.11 Å². The van der Waals surface area contributed by atoms with E-state index in [1.165, 1.54) is 0 Å². The molecule has 3 nitrogen and oxygen atoms in total. The maximum absolute atomic E-state index is 9.08. The van der Waals surface area contributed by atoms with E-state index >= 15 is 0 Å². The summed E-state index contributed by atoms with van der Waals surface area (Å²) in [5.74, 6) is 1.05. The first-order valence-corrected chi connectivity index (χ1v) is 5.32. The zero-order valence-corrected chi connectivity index (χ0v) is 9.51. The number of pyridine rings is 1. The quantitative estimate of drug-likeness (QED) is 0.754. The molecular formula is C13H16N2O. The molecule has 0 aliphatic heterocycles. The number of hydrogen-bond donors (Lipinski definition) is 2. The van der Waals surface area contributed by atoms with E-state index in [4.69, 9.17) is 5.11 Å². The summed E-state index contributed by atoms with van der Waals surface area (Å²) in [6.45, 7) is 4.00. The number of aromatic nitrogens is 1. The van der Waals surface area contributed by atoms with Crippen LogP contribution in [0.2, 0.25) is 0 Å². The summed E-state index contributed by atoms with van der Waals surface area (Å²) in [6.07, 6.45) is 1.72. The van der Waals surface area contributed by atoms with Crippen LogP contribution in [0.4, 0.5) is 11.5 Å². The minimum absolute atomic E-state index is 0.261. The van der Waals surface area contributed by atoms with E-state index in [0.29, 0.717) is 0 Å². The van der Waals surface area contributed by atoms with Crippen LogP contribution in [0.1, 0.15) is 13.8 Å². The minimum Gasteiger partial charge on any atom is -0.508 e. The van der Waals surface area contributed by atoms with Crippen LogP contribution in [-0.4, -0.2) is 10.1 Å². The lowest BCUT2D eigenvalue weighted by Crippen LogP contribution is -1.91. The summed E-state index contributed by atoms with van der Waals surface area (Å²) in [4.78, 5) is 4.12. The molecule has 0 fully saturated rings. The predicted octanol–water partition coefficient (Wildman–Crippen LogP) is 3.56. The lowest BCUT2D eigenvalue weighted by Gasteiger charge is -2.04. The summed E-state index contributed by atoms with van der Waals surface area (Å²) in [6, 6.07) is 12.5. The molecule has 0 aliphatic rings. The molecule has 2 aromatic rings. The summed E-state index contributed by atoms with van der Waals surface area (Å²) < 4.78 is 0. The van der Waals surface area contributed by atoms with Crippen LogP contribution in [0, 0.1) is 0 Å². The monoisotopic (exact) mass is 216 g/mol. The highest BCUT2D eigenvalue weighted by Gasteiger charge is 1.93. The van der Waals surface area contributed by atoms with Crippen LogP contribution in [0.15, 0.2) is 48.7 Å². The smallest absolute Gasteiger partial charge is 0.130 e. The van der Waals surface area contributed by atoms with Crippen LogP contribution in [-0.2, 0) is 0 Å². The van der Waals surface area contributed by atoms with Gasteiger partial charge in [-0.05, 0) is 36.4 Å². The fourth-order valence-corrected chi connectivity index (χ4v) is 1.13. The fourth-order valence-electron chi connectivity index (χ4n) is 1.13. The van der Waals surface area contributed by atoms with Gasteiger partial charge in [0.25, 0.3) is 0 Å². The molecule has 0 unspecified atom stereocenters. The van der Waals surface area contributed by atoms with Crippen LogP contribution in [0.25, 0.3) is 0 Å². The van der Waals surface area contributed by atoms with Gasteiger partial charge in [0.15, 0.2) is 0 Å². The first-order valence-electron chi connectivity index (χ1n) is 5.32. The normalized spacial score (nSPS) is 8.88. The molecule has 0 amide bonds. The predicted molar refractivity (Wildman–Crippen MR) is 67.0 cm³/mol. The number of anilines is 2. The Kier molecular flexibility index (Phi) is 4.86. The van der Waals surface area contributed by atoms with Gasteiger partial charge in [0.1, 0.15) is 11.6 Å². The van der Waals surface area contributed by atoms with Gasteiger partial charge in [0.05, 0.1) is 0 Å². The van der Waals surface area contributed by atoms with Crippen molar-refractivity contribution in [2.45, 2.75) is 13.8 Å². The van der Waals surface area contributed by atoms with Gasteiger partial charge in [-0.1, -0.05) is 19.9 Å². The summed E-state index contributed by atoms with van der Waals surface area (Å²) in [5, 5.41) is 12.2. The number of nitrogens with zero attached hydrogens (tertiary/aromatic N) is 1. The van der Waals surface area contributed by atoms with Crippen LogP contribution in [0.5, 0.6) is 5.75 Å². The molecule has 0 spiro atoms. The van der Waals surface area contributed by atoms with E-state index in [1.54, 1.807) is 30.5 Å². The van der Waals surface area contributed by atoms with Crippen molar-refractivity contribution in [2.75, 3.05) is 5.32 Å². The molecule has 1 aromatic carbocycles. The third-order valence-corrected chi connectivity index (χ3v) is 1.80. The first-order chi connectivity index (χ1) is 7.84. The molecule has 84 valence electrons. The van der Waals surface area contributed by atoms with Gasteiger partial charge in [-0.25, -0.2) is 4.98 Å². The average Bonchev–Trinajstić information content (AvgIpc) is 2.36. The fraction of sp³-hybridized carbons (Fsp3) is 0.154. The number of rotatable bonds is 2. The second-order valence-corrected chi connectivity index (χ2v) is 2.89. The van der Waals surface area contributed by atoms with Crippen molar-refractivity contribution in [1.82, 2.24) is 4.98 Å². The third kappa shape index (κ3) is 3.61. The highest BCUT2D eigenvalue weighted by molar-refractivity contribution is 5.56. The molecule has 0 bridgehead atoms. The molecule has 0 atom stereocenters. The minimum atomic E-state index is 0.261. The van der Waals surface area contributed by atoms with Crippen molar-refractivity contribution in [2.24, 2.45) is 0 Å². The van der Waals surface area contributed by atoms with Crippen molar-refractivity contribution in [1.29, 1.82) is 0 Å². The highest BCUT2D eigenvalue weighted by Crippen LogP contribution is 2.17. The van der Waals surface area contributed by atoms with E-state index in [0.717, 1.165) is 11.5 Å². The van der Waals surface area contributed by atoms with E-state index in [2.05, 4.69) is 10.3 Å². The molecule has 0 aliphatic carbocycles. The van der Waals surface area contributed by atoms with Crippen molar-refractivity contribution in [3.63, 3.8) is 0 Å².